The Hall–Kier alpha value is -1.75. The summed E-state index contributed by atoms with van der Waals surface area (Å²) in [6.07, 6.45) is 5.30. The zero-order valence-corrected chi connectivity index (χ0v) is 13.1. The highest BCUT2D eigenvalue weighted by molar-refractivity contribution is 5.67. The van der Waals surface area contributed by atoms with Gasteiger partial charge < -0.3 is 20.3 Å². The quantitative estimate of drug-likeness (QED) is 0.771. The first kappa shape index (κ1) is 16.6. The molecule has 0 spiro atoms. The number of carbonyl (C=O) groups is 1. The highest BCUT2D eigenvalue weighted by Crippen LogP contribution is 2.33. The van der Waals surface area contributed by atoms with Gasteiger partial charge in [0.2, 0.25) is 0 Å². The minimum atomic E-state index is -0.874. The van der Waals surface area contributed by atoms with E-state index in [1.54, 1.807) is 0 Å². The molecule has 1 atom stereocenters. The van der Waals surface area contributed by atoms with Crippen molar-refractivity contribution in [3.05, 3.63) is 23.8 Å². The van der Waals surface area contributed by atoms with Crippen molar-refractivity contribution in [2.24, 2.45) is 5.73 Å². The number of rotatable bonds is 8. The standard InChI is InChI=1S/C17H25NO4/c1-2-21-15-8-7-12(9-13(18)11-17(19)20)10-16(15)22-14-5-3-4-6-14/h7-8,10,13-14H,2-6,9,11,18H2,1H3,(H,19,20). The summed E-state index contributed by atoms with van der Waals surface area (Å²) in [7, 11) is 0. The fraction of sp³-hybridized carbons (Fsp3) is 0.588. The van der Waals surface area contributed by atoms with Gasteiger partial charge in [0.25, 0.3) is 0 Å². The van der Waals surface area contributed by atoms with Crippen molar-refractivity contribution in [2.75, 3.05) is 6.61 Å². The molecule has 0 amide bonds. The molecule has 0 aromatic heterocycles. The van der Waals surface area contributed by atoms with Crippen molar-refractivity contribution in [2.45, 2.75) is 57.6 Å². The minimum absolute atomic E-state index is 0.0357. The molecule has 1 saturated carbocycles. The van der Waals surface area contributed by atoms with Crippen LogP contribution in [0.3, 0.4) is 0 Å². The van der Waals surface area contributed by atoms with Gasteiger partial charge in [-0.25, -0.2) is 0 Å². The normalized spacial score (nSPS) is 16.5. The van der Waals surface area contributed by atoms with Gasteiger partial charge in [0.15, 0.2) is 11.5 Å². The molecule has 0 heterocycles. The fourth-order valence-electron chi connectivity index (χ4n) is 2.83. The zero-order chi connectivity index (χ0) is 15.9. The Kier molecular flexibility index (Phi) is 6.07. The van der Waals surface area contributed by atoms with Crippen LogP contribution >= 0.6 is 0 Å². The predicted molar refractivity (Wildman–Crippen MR) is 84.4 cm³/mol. The van der Waals surface area contributed by atoms with E-state index in [2.05, 4.69) is 0 Å². The number of carboxylic acid groups (broad SMARTS) is 1. The molecule has 122 valence electrons. The SMILES string of the molecule is CCOc1ccc(CC(N)CC(=O)O)cc1OC1CCCC1. The van der Waals surface area contributed by atoms with Crippen LogP contribution in [-0.4, -0.2) is 29.8 Å². The van der Waals surface area contributed by atoms with Crippen molar-refractivity contribution in [3.8, 4) is 11.5 Å². The maximum atomic E-state index is 10.7. The molecule has 0 aliphatic heterocycles. The molecule has 1 aliphatic rings. The number of hydrogen-bond acceptors (Lipinski definition) is 4. The molecule has 3 N–H and O–H groups in total. The van der Waals surface area contributed by atoms with Gasteiger partial charge in [-0.2, -0.15) is 0 Å². The molecule has 1 aromatic carbocycles. The lowest BCUT2D eigenvalue weighted by atomic mass is 10.0. The first-order chi connectivity index (χ1) is 10.6. The van der Waals surface area contributed by atoms with E-state index < -0.39 is 12.0 Å². The Morgan fingerprint density at radius 2 is 2.09 bits per heavy atom. The Balaban J connectivity index is 2.09. The number of hydrogen-bond donors (Lipinski definition) is 2. The first-order valence-corrected chi connectivity index (χ1v) is 7.98. The molecular formula is C17H25NO4. The average molecular weight is 307 g/mol. The fourth-order valence-corrected chi connectivity index (χ4v) is 2.83. The van der Waals surface area contributed by atoms with Gasteiger partial charge in [-0.1, -0.05) is 6.07 Å². The molecule has 2 rings (SSSR count). The minimum Gasteiger partial charge on any atom is -0.490 e. The second kappa shape index (κ2) is 8.03. The van der Waals surface area contributed by atoms with Crippen molar-refractivity contribution >= 4 is 5.97 Å². The van der Waals surface area contributed by atoms with Crippen LogP contribution in [0.5, 0.6) is 11.5 Å². The molecule has 22 heavy (non-hydrogen) atoms. The van der Waals surface area contributed by atoms with Crippen LogP contribution in [-0.2, 0) is 11.2 Å². The third-order valence-corrected chi connectivity index (χ3v) is 3.84. The summed E-state index contributed by atoms with van der Waals surface area (Å²) in [5, 5.41) is 8.80. The number of aliphatic carboxylic acids is 1. The van der Waals surface area contributed by atoms with Gasteiger partial charge >= 0.3 is 5.97 Å². The summed E-state index contributed by atoms with van der Waals surface area (Å²) in [5.74, 6) is 0.611. The van der Waals surface area contributed by atoms with Crippen LogP contribution in [0.15, 0.2) is 18.2 Å². The van der Waals surface area contributed by atoms with Crippen molar-refractivity contribution in [1.29, 1.82) is 0 Å². The van der Waals surface area contributed by atoms with Gasteiger partial charge in [0.05, 0.1) is 19.1 Å². The van der Waals surface area contributed by atoms with Crippen LogP contribution in [0.25, 0.3) is 0 Å². The van der Waals surface area contributed by atoms with Crippen molar-refractivity contribution in [3.63, 3.8) is 0 Å². The van der Waals surface area contributed by atoms with Gasteiger partial charge in [-0.3, -0.25) is 4.79 Å². The molecule has 5 heteroatoms. The van der Waals surface area contributed by atoms with Crippen molar-refractivity contribution < 1.29 is 19.4 Å². The highest BCUT2D eigenvalue weighted by atomic mass is 16.5. The van der Waals surface area contributed by atoms with E-state index in [9.17, 15) is 4.79 Å². The molecule has 1 aromatic rings. The van der Waals surface area contributed by atoms with E-state index in [0.717, 1.165) is 29.9 Å². The number of carboxylic acids is 1. The highest BCUT2D eigenvalue weighted by Gasteiger charge is 2.19. The maximum Gasteiger partial charge on any atom is 0.304 e. The monoisotopic (exact) mass is 307 g/mol. The van der Waals surface area contributed by atoms with Gasteiger partial charge in [0, 0.05) is 6.04 Å². The summed E-state index contributed by atoms with van der Waals surface area (Å²) in [6.45, 7) is 2.52. The first-order valence-electron chi connectivity index (χ1n) is 7.98. The van der Waals surface area contributed by atoms with E-state index in [-0.39, 0.29) is 12.5 Å². The summed E-state index contributed by atoms with van der Waals surface area (Å²) < 4.78 is 11.7. The second-order valence-corrected chi connectivity index (χ2v) is 5.80. The topological polar surface area (TPSA) is 81.8 Å². The third-order valence-electron chi connectivity index (χ3n) is 3.84. The van der Waals surface area contributed by atoms with Crippen LogP contribution in [0.1, 0.15) is 44.6 Å². The third kappa shape index (κ3) is 4.91. The Bertz CT molecular complexity index is 497. The molecular weight excluding hydrogens is 282 g/mol. The molecule has 5 nitrogen and oxygen atoms in total. The maximum absolute atomic E-state index is 10.7. The summed E-state index contributed by atoms with van der Waals surface area (Å²) in [6, 6.07) is 5.35. The zero-order valence-electron chi connectivity index (χ0n) is 13.1. The van der Waals surface area contributed by atoms with E-state index in [0.29, 0.717) is 13.0 Å². The Labute approximate surface area is 131 Å². The smallest absolute Gasteiger partial charge is 0.304 e. The van der Waals surface area contributed by atoms with E-state index >= 15 is 0 Å². The lowest BCUT2D eigenvalue weighted by molar-refractivity contribution is -0.137. The van der Waals surface area contributed by atoms with Gasteiger partial charge in [0.1, 0.15) is 0 Å². The van der Waals surface area contributed by atoms with E-state index in [4.69, 9.17) is 20.3 Å². The molecule has 0 bridgehead atoms. The van der Waals surface area contributed by atoms with Crippen LogP contribution in [0.2, 0.25) is 0 Å². The number of ether oxygens (including phenoxy) is 2. The molecule has 0 radical (unpaired) electrons. The van der Waals surface area contributed by atoms with E-state index in [1.165, 1.54) is 12.8 Å². The second-order valence-electron chi connectivity index (χ2n) is 5.80. The average Bonchev–Trinajstić information content (AvgIpc) is 2.94. The number of nitrogens with two attached hydrogens (primary N) is 1. The predicted octanol–water partition coefficient (Wildman–Crippen LogP) is 2.75. The molecule has 1 unspecified atom stereocenters. The van der Waals surface area contributed by atoms with Crippen LogP contribution < -0.4 is 15.2 Å². The largest absolute Gasteiger partial charge is 0.490 e. The Morgan fingerprint density at radius 1 is 1.36 bits per heavy atom. The van der Waals surface area contributed by atoms with Crippen LogP contribution in [0.4, 0.5) is 0 Å². The Morgan fingerprint density at radius 3 is 2.73 bits per heavy atom. The number of benzene rings is 1. The summed E-state index contributed by atoms with van der Waals surface area (Å²) in [4.78, 5) is 10.7. The van der Waals surface area contributed by atoms with Gasteiger partial charge in [-0.15, -0.1) is 0 Å². The molecule has 0 saturated heterocycles. The lowest BCUT2D eigenvalue weighted by Gasteiger charge is -2.18. The van der Waals surface area contributed by atoms with Crippen molar-refractivity contribution in [1.82, 2.24) is 0 Å². The van der Waals surface area contributed by atoms with Gasteiger partial charge in [-0.05, 0) is 56.7 Å². The molecule has 1 aliphatic carbocycles. The summed E-state index contributed by atoms with van der Waals surface area (Å²) in [5.41, 5.74) is 6.84. The van der Waals surface area contributed by atoms with Crippen LogP contribution in [0, 0.1) is 0 Å². The van der Waals surface area contributed by atoms with E-state index in [1.807, 2.05) is 25.1 Å². The lowest BCUT2D eigenvalue weighted by Crippen LogP contribution is -2.26. The summed E-state index contributed by atoms with van der Waals surface area (Å²) >= 11 is 0. The molecule has 1 fully saturated rings.